The molecule has 0 bridgehead atoms. The van der Waals surface area contributed by atoms with E-state index >= 15 is 0 Å². The van der Waals surface area contributed by atoms with Gasteiger partial charge in [-0.05, 0) is 48.4 Å². The van der Waals surface area contributed by atoms with Crippen LogP contribution in [0.25, 0.3) is 0 Å². The van der Waals surface area contributed by atoms with E-state index in [0.29, 0.717) is 0 Å². The summed E-state index contributed by atoms with van der Waals surface area (Å²) in [5, 5.41) is 5.15. The average molecular weight is 370 g/mol. The van der Waals surface area contributed by atoms with Crippen LogP contribution in [0.1, 0.15) is 52.0 Å². The molecule has 0 heterocycles. The number of nitrogens with one attached hydrogen (secondary N) is 2. The highest BCUT2D eigenvalue weighted by Crippen LogP contribution is 2.38. The fourth-order valence-electron chi connectivity index (χ4n) is 3.50. The van der Waals surface area contributed by atoms with E-state index in [1.807, 2.05) is 0 Å². The molecule has 0 aromatic heterocycles. The summed E-state index contributed by atoms with van der Waals surface area (Å²) < 4.78 is 37.7. The Morgan fingerprint density at radius 1 is 0.962 bits per heavy atom. The Hall–Kier alpha value is -2.05. The lowest BCUT2D eigenvalue weighted by molar-refractivity contribution is -0.137. The summed E-state index contributed by atoms with van der Waals surface area (Å²) in [6.07, 6.45) is -0.525. The van der Waals surface area contributed by atoms with Crippen molar-refractivity contribution in [2.45, 2.75) is 58.7 Å². The van der Waals surface area contributed by atoms with Gasteiger partial charge in [0.2, 0.25) is 0 Å². The minimum absolute atomic E-state index is 0.0161. The van der Waals surface area contributed by atoms with E-state index in [4.69, 9.17) is 0 Å². The van der Waals surface area contributed by atoms with Crippen LogP contribution in [0.15, 0.2) is 24.3 Å². The Balaban J connectivity index is 1.98. The molecule has 1 fully saturated rings. The lowest BCUT2D eigenvalue weighted by Gasteiger charge is -2.40. The molecule has 2 N–H and O–H groups in total. The summed E-state index contributed by atoms with van der Waals surface area (Å²) in [5.41, 5.74) is -0.647. The first-order valence-corrected chi connectivity index (χ1v) is 8.77. The zero-order valence-electron chi connectivity index (χ0n) is 15.2. The lowest BCUT2D eigenvalue weighted by atomic mass is 9.69. The monoisotopic (exact) mass is 370 g/mol. The summed E-state index contributed by atoms with van der Waals surface area (Å²) in [4.78, 5) is 24.3. The second kappa shape index (κ2) is 7.68. The van der Waals surface area contributed by atoms with Crippen molar-refractivity contribution in [2.24, 2.45) is 11.3 Å². The maximum Gasteiger partial charge on any atom is 0.416 e. The third kappa shape index (κ3) is 5.22. The zero-order valence-corrected chi connectivity index (χ0v) is 15.2. The molecule has 4 nitrogen and oxygen atoms in total. The molecule has 0 radical (unpaired) electrons. The van der Waals surface area contributed by atoms with Gasteiger partial charge in [-0.2, -0.15) is 13.2 Å². The quantitative estimate of drug-likeness (QED) is 0.760. The summed E-state index contributed by atoms with van der Waals surface area (Å²) >= 11 is 0. The maximum absolute atomic E-state index is 12.6. The van der Waals surface area contributed by atoms with Gasteiger partial charge in [0.05, 0.1) is 5.56 Å². The highest BCUT2D eigenvalue weighted by Gasteiger charge is 2.36. The molecule has 1 aromatic rings. The SMILES string of the molecule is CC(C)(C)[C@H]1CCCC[C@H]1NC(=O)C(=O)Nc1ccc(C(F)(F)F)cc1. The number of alkyl halides is 3. The van der Waals surface area contributed by atoms with E-state index < -0.39 is 23.6 Å². The fraction of sp³-hybridized carbons (Fsp3) is 0.579. The van der Waals surface area contributed by atoms with Crippen molar-refractivity contribution in [3.63, 3.8) is 0 Å². The van der Waals surface area contributed by atoms with Crippen molar-refractivity contribution in [1.82, 2.24) is 5.32 Å². The van der Waals surface area contributed by atoms with Crippen LogP contribution in [-0.2, 0) is 15.8 Å². The number of rotatable bonds is 2. The number of anilines is 1. The van der Waals surface area contributed by atoms with Crippen LogP contribution >= 0.6 is 0 Å². The van der Waals surface area contributed by atoms with Gasteiger partial charge < -0.3 is 10.6 Å². The summed E-state index contributed by atoms with van der Waals surface area (Å²) in [7, 11) is 0. The Labute approximate surface area is 151 Å². The number of carbonyl (C=O) groups excluding carboxylic acids is 2. The molecule has 26 heavy (non-hydrogen) atoms. The van der Waals surface area contributed by atoms with Crippen molar-refractivity contribution < 1.29 is 22.8 Å². The van der Waals surface area contributed by atoms with Crippen molar-refractivity contribution in [3.8, 4) is 0 Å². The van der Waals surface area contributed by atoms with Crippen LogP contribution < -0.4 is 10.6 Å². The van der Waals surface area contributed by atoms with Crippen LogP contribution in [-0.4, -0.2) is 17.9 Å². The van der Waals surface area contributed by atoms with Gasteiger partial charge in [-0.15, -0.1) is 0 Å². The van der Waals surface area contributed by atoms with Gasteiger partial charge in [-0.1, -0.05) is 33.6 Å². The van der Waals surface area contributed by atoms with Gasteiger partial charge in [-0.25, -0.2) is 0 Å². The van der Waals surface area contributed by atoms with Crippen LogP contribution in [0.4, 0.5) is 18.9 Å². The number of hydrogen-bond donors (Lipinski definition) is 2. The van der Waals surface area contributed by atoms with Gasteiger partial charge >= 0.3 is 18.0 Å². The molecule has 0 saturated heterocycles. The van der Waals surface area contributed by atoms with E-state index in [9.17, 15) is 22.8 Å². The van der Waals surface area contributed by atoms with E-state index in [1.54, 1.807) is 0 Å². The molecule has 7 heteroatoms. The second-order valence-electron chi connectivity index (χ2n) is 7.87. The van der Waals surface area contributed by atoms with Gasteiger partial charge in [0.1, 0.15) is 0 Å². The Kier molecular flexibility index (Phi) is 5.98. The lowest BCUT2D eigenvalue weighted by Crippen LogP contribution is -2.49. The minimum atomic E-state index is -4.44. The fourth-order valence-corrected chi connectivity index (χ4v) is 3.50. The molecular weight excluding hydrogens is 345 g/mol. The predicted octanol–water partition coefficient (Wildman–Crippen LogP) is 4.37. The summed E-state index contributed by atoms with van der Waals surface area (Å²) in [6.45, 7) is 6.35. The average Bonchev–Trinajstić information content (AvgIpc) is 2.54. The predicted molar refractivity (Wildman–Crippen MR) is 93.4 cm³/mol. The van der Waals surface area contributed by atoms with Crippen LogP contribution in [0, 0.1) is 11.3 Å². The van der Waals surface area contributed by atoms with Crippen molar-refractivity contribution in [1.29, 1.82) is 0 Å². The number of carbonyl (C=O) groups is 2. The first-order chi connectivity index (χ1) is 12.0. The third-order valence-electron chi connectivity index (χ3n) is 4.87. The molecule has 1 aliphatic carbocycles. The molecule has 2 amide bonds. The van der Waals surface area contributed by atoms with Gasteiger partial charge in [-0.3, -0.25) is 9.59 Å². The molecule has 0 unspecified atom stereocenters. The van der Waals surface area contributed by atoms with E-state index in [2.05, 4.69) is 31.4 Å². The molecule has 0 aliphatic heterocycles. The van der Waals surface area contributed by atoms with Crippen LogP contribution in [0.5, 0.6) is 0 Å². The zero-order chi connectivity index (χ0) is 19.5. The number of benzene rings is 1. The van der Waals surface area contributed by atoms with Gasteiger partial charge in [0, 0.05) is 11.7 Å². The highest BCUT2D eigenvalue weighted by atomic mass is 19.4. The van der Waals surface area contributed by atoms with Gasteiger partial charge in [0.25, 0.3) is 0 Å². The Morgan fingerprint density at radius 2 is 1.54 bits per heavy atom. The molecule has 2 atom stereocenters. The molecule has 144 valence electrons. The Morgan fingerprint density at radius 3 is 2.08 bits per heavy atom. The Bertz CT molecular complexity index is 648. The van der Waals surface area contributed by atoms with E-state index in [0.717, 1.165) is 49.9 Å². The normalized spacial score (nSPS) is 21.2. The molecular formula is C19H25F3N2O2. The topological polar surface area (TPSA) is 58.2 Å². The third-order valence-corrected chi connectivity index (χ3v) is 4.87. The van der Waals surface area contributed by atoms with Crippen molar-refractivity contribution >= 4 is 17.5 Å². The van der Waals surface area contributed by atoms with Crippen LogP contribution in [0.2, 0.25) is 0 Å². The standard InChI is InChI=1S/C19H25F3N2O2/c1-18(2,3)14-6-4-5-7-15(14)24-17(26)16(25)23-13-10-8-12(9-11-13)19(20,21)22/h8-11,14-15H,4-7H2,1-3H3,(H,23,25)(H,24,26)/t14-,15+/m0/s1. The first-order valence-electron chi connectivity index (χ1n) is 8.77. The molecule has 0 spiro atoms. The van der Waals surface area contributed by atoms with E-state index in [-0.39, 0.29) is 23.1 Å². The molecule has 1 saturated carbocycles. The second-order valence-corrected chi connectivity index (χ2v) is 7.87. The summed E-state index contributed by atoms with van der Waals surface area (Å²) in [5.74, 6) is -1.35. The van der Waals surface area contributed by atoms with Gasteiger partial charge in [0.15, 0.2) is 0 Å². The smallest absolute Gasteiger partial charge is 0.345 e. The highest BCUT2D eigenvalue weighted by molar-refractivity contribution is 6.39. The first kappa shape index (κ1) is 20.3. The largest absolute Gasteiger partial charge is 0.416 e. The molecule has 2 rings (SSSR count). The van der Waals surface area contributed by atoms with Crippen molar-refractivity contribution in [2.75, 3.05) is 5.32 Å². The summed E-state index contributed by atoms with van der Waals surface area (Å²) in [6, 6.07) is 3.92. The van der Waals surface area contributed by atoms with Crippen LogP contribution in [0.3, 0.4) is 0 Å². The van der Waals surface area contributed by atoms with Crippen molar-refractivity contribution in [3.05, 3.63) is 29.8 Å². The number of amides is 2. The molecule has 1 aliphatic rings. The van der Waals surface area contributed by atoms with E-state index in [1.165, 1.54) is 0 Å². The minimum Gasteiger partial charge on any atom is -0.345 e. The maximum atomic E-state index is 12.6. The molecule has 1 aromatic carbocycles. The number of halogens is 3. The number of hydrogen-bond acceptors (Lipinski definition) is 2.